The number of hydrogen-bond acceptors (Lipinski definition) is 16. The fourth-order valence-electron chi connectivity index (χ4n) is 10.7. The lowest BCUT2D eigenvalue weighted by molar-refractivity contribution is -0.265. The Morgan fingerprint density at radius 2 is 1.56 bits per heavy atom. The van der Waals surface area contributed by atoms with E-state index in [-0.39, 0.29) is 42.8 Å². The zero-order chi connectivity index (χ0) is 54.4. The van der Waals surface area contributed by atoms with Crippen molar-refractivity contribution >= 4 is 35.2 Å². The van der Waals surface area contributed by atoms with Gasteiger partial charge in [-0.25, -0.2) is 4.79 Å². The van der Waals surface area contributed by atoms with E-state index >= 15 is 0 Å². The summed E-state index contributed by atoms with van der Waals surface area (Å²) in [5.41, 5.74) is -0.277. The fraction of sp³-hybridized carbons (Fsp3) is 0.750. The molecule has 0 aromatic carbocycles. The summed E-state index contributed by atoms with van der Waals surface area (Å²) in [6.07, 6.45) is 9.76. The Hall–Kier alpha value is -3.94. The molecule has 17 nitrogen and oxygen atoms in total. The summed E-state index contributed by atoms with van der Waals surface area (Å²) < 4.78 is 35.4. The zero-order valence-electron chi connectivity index (χ0n) is 45.3. The quantitative estimate of drug-likeness (QED) is 0.116. The van der Waals surface area contributed by atoms with E-state index in [4.69, 9.17) is 28.4 Å². The van der Waals surface area contributed by atoms with Crippen LogP contribution in [-0.2, 0) is 57.2 Å². The molecule has 0 spiro atoms. The summed E-state index contributed by atoms with van der Waals surface area (Å²) >= 11 is 0. The predicted octanol–water partition coefficient (Wildman–Crippen LogP) is 5.72. The van der Waals surface area contributed by atoms with Gasteiger partial charge in [0.15, 0.2) is 5.78 Å². The molecule has 73 heavy (non-hydrogen) atoms. The van der Waals surface area contributed by atoms with Crippen molar-refractivity contribution < 1.29 is 77.6 Å². The molecule has 15 atom stereocenters. The summed E-state index contributed by atoms with van der Waals surface area (Å²) in [6, 6.07) is -1.20. The van der Waals surface area contributed by atoms with Gasteiger partial charge in [0.05, 0.1) is 31.5 Å². The minimum Gasteiger partial charge on any atom is -0.460 e. The first-order valence-corrected chi connectivity index (χ1v) is 26.4. The average Bonchev–Trinajstić information content (AvgIpc) is 3.37. The number of carbonyl (C=O) groups excluding carboxylic acids is 6. The van der Waals surface area contributed by atoms with Gasteiger partial charge in [-0.05, 0) is 114 Å². The number of ether oxygens (including phenoxy) is 6. The van der Waals surface area contributed by atoms with Crippen LogP contribution in [0.15, 0.2) is 47.6 Å². The van der Waals surface area contributed by atoms with Crippen molar-refractivity contribution in [3.63, 3.8) is 0 Å². The second kappa shape index (κ2) is 28.3. The molecule has 412 valence electrons. The van der Waals surface area contributed by atoms with Gasteiger partial charge in [-0.1, -0.05) is 71.1 Å². The molecule has 2 saturated heterocycles. The third-order valence-electron chi connectivity index (χ3n) is 15.9. The first-order valence-electron chi connectivity index (χ1n) is 26.4. The van der Waals surface area contributed by atoms with E-state index in [1.54, 1.807) is 40.9 Å². The number of aliphatic hydroxyl groups excluding tert-OH is 3. The first-order chi connectivity index (χ1) is 34.5. The van der Waals surface area contributed by atoms with Crippen LogP contribution in [0.5, 0.6) is 0 Å². The van der Waals surface area contributed by atoms with E-state index in [2.05, 4.69) is 0 Å². The maximum Gasteiger partial charge on any atom is 0.329 e. The number of amides is 1. The van der Waals surface area contributed by atoms with Crippen LogP contribution in [0.25, 0.3) is 0 Å². The van der Waals surface area contributed by atoms with Gasteiger partial charge in [0.25, 0.3) is 11.7 Å². The molecule has 17 heteroatoms. The number of esters is 2. The van der Waals surface area contributed by atoms with Crippen LogP contribution in [-0.4, -0.2) is 156 Å². The van der Waals surface area contributed by atoms with Crippen LogP contribution in [0, 0.1) is 40.9 Å². The van der Waals surface area contributed by atoms with Crippen molar-refractivity contribution in [2.75, 3.05) is 41.1 Å². The first kappa shape index (κ1) is 61.6. The third-order valence-corrected chi connectivity index (χ3v) is 15.9. The number of carbonyl (C=O) groups is 6. The number of nitrogens with zero attached hydrogens (tertiary/aromatic N) is 1. The number of Topliss-reactive ketones (excluding diaryl/α,β-unsaturated/α-hetero) is 3. The smallest absolute Gasteiger partial charge is 0.329 e. The largest absolute Gasteiger partial charge is 0.460 e. The lowest BCUT2D eigenvalue weighted by Gasteiger charge is -2.42. The highest BCUT2D eigenvalue weighted by atomic mass is 16.6. The monoisotopic (exact) mass is 1030 g/mol. The predicted molar refractivity (Wildman–Crippen MR) is 271 cm³/mol. The number of piperidine rings is 1. The standard InChI is InChI=1S/C56H87NO16/c1-33-17-13-12-14-18-34(2)45(68-9)29-41-22-20-39(7)56(67,73-41)51(63)52(64)57-24-16-15-19-42(57)53(65)71-46(30-43(60)35(3)26-38(6)49(62)50(70-11)48(61)37(5)25-33)36(4)27-40-21-23-44(47(28-40)69-10)72-54(66)55(8,31-58)32-59/h12-14,17-18,26,33,35-37,39-42,44-47,49-50,58-59,62,67H,15-16,19-25,27-32H2,1-11H3/b14-12+,17-13+,34-18+,38-26+/t33-,35-,36-,37-,39-,40?,41+,42+,44-,45+,46+,47-,49-,50+,56-/m1/s1. The van der Waals surface area contributed by atoms with Gasteiger partial charge in [0.2, 0.25) is 5.79 Å². The minimum absolute atomic E-state index is 0.00697. The van der Waals surface area contributed by atoms with Crippen LogP contribution in [0.4, 0.5) is 0 Å². The van der Waals surface area contributed by atoms with E-state index in [1.165, 1.54) is 21.1 Å². The molecule has 1 aliphatic carbocycles. The molecule has 3 aliphatic heterocycles. The summed E-state index contributed by atoms with van der Waals surface area (Å²) in [5.74, 6) is -9.36. The number of hydrogen-bond donors (Lipinski definition) is 4. The van der Waals surface area contributed by atoms with E-state index in [9.17, 15) is 49.2 Å². The Balaban J connectivity index is 1.69. The molecule has 1 amide bonds. The summed E-state index contributed by atoms with van der Waals surface area (Å²) in [7, 11) is 4.43. The molecular formula is C56H87NO16. The van der Waals surface area contributed by atoms with Crippen molar-refractivity contribution in [3.8, 4) is 0 Å². The van der Waals surface area contributed by atoms with Gasteiger partial charge in [0, 0.05) is 58.5 Å². The van der Waals surface area contributed by atoms with Crippen LogP contribution in [0.1, 0.15) is 132 Å². The maximum absolute atomic E-state index is 14.5. The SMILES string of the molecule is CO[C@H]1C[C@@H]2CC[C@@H](C)[C@@](O)(O2)C(=O)C(=O)N2CCCC[C@H]2C(=O)O[C@H]([C@H](C)CC2CC[C@@H](OC(=O)C(C)(CO)CO)[C@H](OC)C2)CC(=O)[C@H](C)/C=C(\C)[C@@H](O)[C@@H](OC)C(=O)[C@H](C)C[C@H](C)/C=C/C=C/C=C/1C. The summed E-state index contributed by atoms with van der Waals surface area (Å²) in [6.45, 7) is 12.7. The molecule has 4 rings (SSSR count). The van der Waals surface area contributed by atoms with Crippen molar-refractivity contribution in [3.05, 3.63) is 47.6 Å². The molecule has 3 fully saturated rings. The van der Waals surface area contributed by atoms with Crippen molar-refractivity contribution in [2.45, 2.75) is 187 Å². The highest BCUT2D eigenvalue weighted by molar-refractivity contribution is 6.39. The maximum atomic E-state index is 14.5. The van der Waals surface area contributed by atoms with Crippen LogP contribution in [0.2, 0.25) is 0 Å². The summed E-state index contributed by atoms with van der Waals surface area (Å²) in [5, 5.41) is 43.1. The highest BCUT2D eigenvalue weighted by Crippen LogP contribution is 2.38. The van der Waals surface area contributed by atoms with Gasteiger partial charge in [0.1, 0.15) is 41.7 Å². The minimum atomic E-state index is -2.47. The molecule has 1 saturated carbocycles. The molecule has 4 N–H and O–H groups in total. The third kappa shape index (κ3) is 16.0. The Kier molecular flexibility index (Phi) is 23.9. The molecule has 0 aromatic rings. The lowest BCUT2D eigenvalue weighted by Crippen LogP contribution is -2.61. The Morgan fingerprint density at radius 3 is 2.21 bits per heavy atom. The molecule has 1 unspecified atom stereocenters. The van der Waals surface area contributed by atoms with Gasteiger partial charge in [-0.3, -0.25) is 24.0 Å². The van der Waals surface area contributed by atoms with E-state index < -0.39 is 120 Å². The molecule has 3 heterocycles. The number of ketones is 3. The van der Waals surface area contributed by atoms with Gasteiger partial charge in [-0.2, -0.15) is 0 Å². The van der Waals surface area contributed by atoms with E-state index in [0.717, 1.165) is 10.5 Å². The lowest BCUT2D eigenvalue weighted by atomic mass is 9.78. The van der Waals surface area contributed by atoms with Crippen molar-refractivity contribution in [2.24, 2.45) is 40.9 Å². The van der Waals surface area contributed by atoms with Crippen LogP contribution < -0.4 is 0 Å². The number of allylic oxidation sites excluding steroid dienone is 6. The van der Waals surface area contributed by atoms with E-state index in [0.29, 0.717) is 69.8 Å². The van der Waals surface area contributed by atoms with Crippen LogP contribution >= 0.6 is 0 Å². The van der Waals surface area contributed by atoms with E-state index in [1.807, 2.05) is 51.2 Å². The number of cyclic esters (lactones) is 1. The zero-order valence-corrected chi connectivity index (χ0v) is 45.3. The molecule has 2 bridgehead atoms. The number of aliphatic hydroxyl groups is 4. The summed E-state index contributed by atoms with van der Waals surface area (Å²) in [4.78, 5) is 85.4. The van der Waals surface area contributed by atoms with Crippen molar-refractivity contribution in [1.82, 2.24) is 4.90 Å². The number of fused-ring (bicyclic) bond motifs is 3. The number of rotatable bonds is 10. The Morgan fingerprint density at radius 1 is 0.863 bits per heavy atom. The molecule has 0 radical (unpaired) electrons. The Bertz CT molecular complexity index is 2010. The Labute approximate surface area is 433 Å². The molecular weight excluding hydrogens is 943 g/mol. The number of methoxy groups -OCH3 is 3. The topological polar surface area (TPSA) is 242 Å². The van der Waals surface area contributed by atoms with Gasteiger partial charge in [-0.15, -0.1) is 0 Å². The van der Waals surface area contributed by atoms with Crippen LogP contribution in [0.3, 0.4) is 0 Å². The highest BCUT2D eigenvalue weighted by Gasteiger charge is 2.53. The van der Waals surface area contributed by atoms with Crippen molar-refractivity contribution in [1.29, 1.82) is 0 Å². The van der Waals surface area contributed by atoms with Gasteiger partial charge >= 0.3 is 11.9 Å². The second-order valence-corrected chi connectivity index (χ2v) is 21.8. The second-order valence-electron chi connectivity index (χ2n) is 21.8. The normalized spacial score (nSPS) is 37.4. The molecule has 4 aliphatic rings. The fourth-order valence-corrected chi connectivity index (χ4v) is 10.7. The average molecular weight is 1030 g/mol. The van der Waals surface area contributed by atoms with Gasteiger partial charge < -0.3 is 53.7 Å². The molecule has 0 aromatic heterocycles.